The molecule has 0 aromatic carbocycles. The fourth-order valence-corrected chi connectivity index (χ4v) is 14.5. The summed E-state index contributed by atoms with van der Waals surface area (Å²) in [5.74, 6) is 8.20. The Hall–Kier alpha value is -1.71. The smallest absolute Gasteiger partial charge is 0.234 e. The highest BCUT2D eigenvalue weighted by Crippen LogP contribution is 2.16. The van der Waals surface area contributed by atoms with Crippen molar-refractivity contribution in [2.24, 2.45) is 53.3 Å². The summed E-state index contributed by atoms with van der Waals surface area (Å²) < 4.78 is 32.8. The molecule has 9 fully saturated rings. The number of rotatable bonds is 26. The minimum absolute atomic E-state index is 0.0275. The lowest BCUT2D eigenvalue weighted by atomic mass is 10.0. The van der Waals surface area contributed by atoms with E-state index in [2.05, 4.69) is 192 Å². The number of sulfone groups is 1. The molecule has 0 aliphatic carbocycles. The van der Waals surface area contributed by atoms with Gasteiger partial charge in [-0.1, -0.05) is 125 Å². The van der Waals surface area contributed by atoms with Crippen molar-refractivity contribution < 1.29 is 37.7 Å². The predicted molar refractivity (Wildman–Crippen MR) is 455 cm³/mol. The molecule has 0 aromatic heterocycles. The molecule has 9 aliphatic heterocycles. The van der Waals surface area contributed by atoms with Gasteiger partial charge in [-0.3, -0.25) is 24.3 Å². The third-order valence-electron chi connectivity index (χ3n) is 21.3. The summed E-state index contributed by atoms with van der Waals surface area (Å²) >= 11 is 0. The van der Waals surface area contributed by atoms with Gasteiger partial charge in [0.2, 0.25) is 11.8 Å². The van der Waals surface area contributed by atoms with E-state index in [1.165, 1.54) is 156 Å². The number of piperazine rings is 4. The van der Waals surface area contributed by atoms with E-state index in [1.54, 1.807) is 6.92 Å². The SMILES string of the molecule is CC(=O)N1CCN(CCC(C)C)CC1.CC(C)CCN1CCC(O)CC1.CC(C)CCN1CCC[C@H](O)C1.CC(C)CCN1CCN(C)CC1.CC(C)CCN1CCNC(=O)C1.CC(C)CCN1CCNCC1.CC(C)CCN1CCOCC1.CC(C)CCN1CCS(=O)(=O)CC1.CC(C)C[C@H]1COCCN1. The van der Waals surface area contributed by atoms with Gasteiger partial charge >= 0.3 is 0 Å². The van der Waals surface area contributed by atoms with Crippen LogP contribution in [0.25, 0.3) is 0 Å². The fourth-order valence-electron chi connectivity index (χ4n) is 13.2. The van der Waals surface area contributed by atoms with E-state index in [-0.39, 0.29) is 24.0 Å². The number of nitrogens with one attached hydrogen (secondary N) is 3. The molecule has 107 heavy (non-hydrogen) atoms. The molecule has 9 saturated heterocycles. The van der Waals surface area contributed by atoms with Crippen molar-refractivity contribution in [2.45, 2.75) is 233 Å². The summed E-state index contributed by atoms with van der Waals surface area (Å²) in [6.07, 6.45) is 15.4. The monoisotopic (exact) mass is 1540 g/mol. The van der Waals surface area contributed by atoms with Crippen molar-refractivity contribution >= 4 is 21.7 Å². The highest BCUT2D eigenvalue weighted by molar-refractivity contribution is 7.91. The number of ether oxygens (including phenoxy) is 2. The van der Waals surface area contributed by atoms with Gasteiger partial charge < -0.3 is 69.9 Å². The third kappa shape index (κ3) is 62.4. The molecule has 0 radical (unpaired) electrons. The van der Waals surface area contributed by atoms with E-state index in [4.69, 9.17) is 9.47 Å². The van der Waals surface area contributed by atoms with Gasteiger partial charge in [0.15, 0.2) is 9.84 Å². The second kappa shape index (κ2) is 63.6. The number of likely N-dealkylation sites (tertiary alicyclic amines) is 2. The minimum atomic E-state index is -2.70. The molecule has 5 N–H and O–H groups in total. The number of morpholine rings is 2. The van der Waals surface area contributed by atoms with Crippen LogP contribution < -0.4 is 16.0 Å². The number of β-amino-alcohol motifs (C(OH)–C–C–N with tert-alkyl or cyclic N) is 1. The van der Waals surface area contributed by atoms with Gasteiger partial charge in [0.25, 0.3) is 0 Å². The van der Waals surface area contributed by atoms with Crippen LogP contribution in [-0.4, -0.2) is 352 Å². The van der Waals surface area contributed by atoms with Crippen molar-refractivity contribution in [3.8, 4) is 0 Å². The number of hydrogen-bond donors (Lipinski definition) is 5. The maximum atomic E-state index is 11.1. The van der Waals surface area contributed by atoms with Crippen molar-refractivity contribution in [3.05, 3.63) is 0 Å². The van der Waals surface area contributed by atoms with Gasteiger partial charge in [-0.05, 0) is 203 Å². The molecule has 0 spiro atoms. The van der Waals surface area contributed by atoms with Crippen LogP contribution in [0.1, 0.15) is 215 Å². The second-order valence-electron chi connectivity index (χ2n) is 36.1. The molecule has 2 amide bonds. The topological polar surface area (TPSA) is 196 Å². The van der Waals surface area contributed by atoms with Crippen LogP contribution in [0.3, 0.4) is 0 Å². The average molecular weight is 1540 g/mol. The second-order valence-corrected chi connectivity index (χ2v) is 38.4. The molecule has 0 saturated carbocycles. The number of hydrogen-bond acceptors (Lipinski definition) is 19. The largest absolute Gasteiger partial charge is 0.393 e. The molecule has 22 heteroatoms. The first-order valence-electron chi connectivity index (χ1n) is 43.8. The lowest BCUT2D eigenvalue weighted by Crippen LogP contribution is -2.48. The molecule has 9 aliphatic rings. The maximum absolute atomic E-state index is 11.1. The number of likely N-dealkylation sites (N-methyl/N-ethyl adjacent to an activating group) is 1. The Morgan fingerprint density at radius 2 is 0.804 bits per heavy atom. The number of carbonyl (C=O) groups is 2. The maximum Gasteiger partial charge on any atom is 0.234 e. The van der Waals surface area contributed by atoms with Gasteiger partial charge in [0, 0.05) is 157 Å². The lowest BCUT2D eigenvalue weighted by molar-refractivity contribution is -0.130. The first-order valence-corrected chi connectivity index (χ1v) is 45.7. The van der Waals surface area contributed by atoms with E-state index in [0.717, 1.165) is 204 Å². The van der Waals surface area contributed by atoms with Crippen LogP contribution in [0.15, 0.2) is 0 Å². The first kappa shape index (κ1) is 103. The Morgan fingerprint density at radius 1 is 0.421 bits per heavy atom. The zero-order valence-electron chi connectivity index (χ0n) is 73.7. The van der Waals surface area contributed by atoms with E-state index < -0.39 is 9.84 Å². The Labute approximate surface area is 661 Å². The number of amides is 2. The van der Waals surface area contributed by atoms with E-state index in [1.807, 2.05) is 4.90 Å². The standard InChI is InChI=1S/C11H22N2O.C10H22N2.2C10H21NO.C9H18N2O.C9H20N2.C9H19NO2S.C9H19NO.C8H17NO/c1-10(2)4-5-12-6-8-13(9-7-12)11(3)14;1-10(2)4-5-12-8-6-11(3)7-9-12;1-9(2)3-6-11-7-4-10(12)5-8-11;1-9(2)5-7-11-6-3-4-10(12)8-11;1-8(2)3-5-11-6-4-10-9(12)7-11;1-9(2)3-6-11-7-4-10-5-8-11;1-9(2)3-4-10-5-7-13(11,12)8-6-10;1-9(2)3-4-10-5-7-11-8-6-10;1-7(2)5-8-6-10-4-3-9-8/h10H,4-9H2,1-3H3;10H,4-9H2,1-3H3;2*9-10,12H,3-8H2,1-2H3;8H,3-7H2,1-2H3,(H,10,12);9-10H,3-8H2,1-2H3;9H,3-8H2,1-2H3;9H,3-8H2,1-2H3;7-9H,3-6H2,1-2H3/t;;;10-;;;;;8-/m...0....0/s1. The number of aliphatic hydroxyl groups is 2. The Balaban J connectivity index is 0.000000603. The van der Waals surface area contributed by atoms with Gasteiger partial charge in [-0.15, -0.1) is 0 Å². The Kier molecular flexibility index (Phi) is 61.4. The average Bonchev–Trinajstić information content (AvgIpc) is 0.868. The van der Waals surface area contributed by atoms with Gasteiger partial charge in [0.05, 0.1) is 56.7 Å². The van der Waals surface area contributed by atoms with Crippen molar-refractivity contribution in [3.63, 3.8) is 0 Å². The van der Waals surface area contributed by atoms with Crippen molar-refractivity contribution in [2.75, 3.05) is 254 Å². The fraction of sp³-hybridized carbons (Fsp3) is 0.976. The summed E-state index contributed by atoms with van der Waals surface area (Å²) in [5, 5.41) is 28.3. The lowest BCUT2D eigenvalue weighted by Gasteiger charge is -2.34. The quantitative estimate of drug-likeness (QED) is 0.0548. The molecule has 9 rings (SSSR count). The van der Waals surface area contributed by atoms with Crippen LogP contribution in [0.4, 0.5) is 0 Å². The first-order chi connectivity index (χ1) is 50.7. The van der Waals surface area contributed by atoms with Gasteiger partial charge in [-0.2, -0.15) is 0 Å². The van der Waals surface area contributed by atoms with E-state index in [9.17, 15) is 28.2 Å². The Bertz CT molecular complexity index is 2090. The summed E-state index contributed by atoms with van der Waals surface area (Å²) in [6, 6.07) is 0.605. The summed E-state index contributed by atoms with van der Waals surface area (Å²) in [7, 11) is -0.488. The van der Waals surface area contributed by atoms with Crippen LogP contribution >= 0.6 is 0 Å². The van der Waals surface area contributed by atoms with Crippen LogP contribution in [0.2, 0.25) is 0 Å². The molecule has 9 heterocycles. The van der Waals surface area contributed by atoms with Crippen molar-refractivity contribution in [1.29, 1.82) is 0 Å². The molecule has 2 atom stereocenters. The molecule has 0 unspecified atom stereocenters. The van der Waals surface area contributed by atoms with Crippen LogP contribution in [-0.2, 0) is 28.9 Å². The highest BCUT2D eigenvalue weighted by Gasteiger charge is 2.24. The number of nitrogens with zero attached hydrogens (tertiary/aromatic N) is 10. The number of piperidine rings is 2. The van der Waals surface area contributed by atoms with Crippen molar-refractivity contribution in [1.82, 2.24) is 64.9 Å². The van der Waals surface area contributed by atoms with Crippen LogP contribution in [0.5, 0.6) is 0 Å². The normalized spacial score (nSPS) is 22.3. The molecule has 638 valence electrons. The summed E-state index contributed by atoms with van der Waals surface area (Å²) in [4.78, 5) is 45.8. The molecular formula is C85H179N13O8S. The number of aliphatic hydroxyl groups excluding tert-OH is 2. The van der Waals surface area contributed by atoms with E-state index in [0.29, 0.717) is 30.0 Å². The van der Waals surface area contributed by atoms with E-state index >= 15 is 0 Å². The van der Waals surface area contributed by atoms with Gasteiger partial charge in [0.1, 0.15) is 0 Å². The predicted octanol–water partition coefficient (Wildman–Crippen LogP) is 10.0. The molecule has 0 bridgehead atoms. The molecular weight excluding hydrogens is 1360 g/mol. The molecule has 21 nitrogen and oxygen atoms in total. The number of carbonyl (C=O) groups excluding carboxylic acids is 2. The zero-order chi connectivity index (χ0) is 80.0. The third-order valence-corrected chi connectivity index (χ3v) is 22.9. The summed E-state index contributed by atoms with van der Waals surface area (Å²) in [5.41, 5.74) is 0. The van der Waals surface area contributed by atoms with Gasteiger partial charge in [-0.25, -0.2) is 8.42 Å². The Morgan fingerprint density at radius 3 is 1.20 bits per heavy atom. The molecule has 0 aromatic rings. The van der Waals surface area contributed by atoms with Crippen LogP contribution in [0, 0.1) is 53.3 Å². The zero-order valence-corrected chi connectivity index (χ0v) is 74.5. The summed E-state index contributed by atoms with van der Waals surface area (Å²) in [6.45, 7) is 80.6. The highest BCUT2D eigenvalue weighted by atomic mass is 32.2. The minimum Gasteiger partial charge on any atom is -0.393 e.